The number of carboxylic acids is 1. The van der Waals surface area contributed by atoms with Crippen LogP contribution < -0.4 is 0 Å². The number of hydrogen-bond donors (Lipinski definition) is 1. The Labute approximate surface area is 199 Å². The lowest BCUT2D eigenvalue weighted by Gasteiger charge is -2.16. The van der Waals surface area contributed by atoms with Crippen LogP contribution in [0, 0.1) is 6.92 Å². The van der Waals surface area contributed by atoms with E-state index < -0.39 is 11.4 Å². The summed E-state index contributed by atoms with van der Waals surface area (Å²) in [6.07, 6.45) is 7.38. The van der Waals surface area contributed by atoms with Crippen molar-refractivity contribution in [3.63, 3.8) is 0 Å². The molecule has 1 N–H and O–H groups in total. The Kier molecular flexibility index (Phi) is 5.89. The Morgan fingerprint density at radius 3 is 2.26 bits per heavy atom. The summed E-state index contributed by atoms with van der Waals surface area (Å²) in [5, 5.41) is 14.0. The van der Waals surface area contributed by atoms with E-state index in [1.165, 1.54) is 5.56 Å². The van der Waals surface area contributed by atoms with Gasteiger partial charge in [0.05, 0.1) is 11.1 Å². The second kappa shape index (κ2) is 9.14. The summed E-state index contributed by atoms with van der Waals surface area (Å²) >= 11 is 0. The smallest absolute Gasteiger partial charge is 0.314 e. The zero-order chi connectivity index (χ0) is 23.5. The summed E-state index contributed by atoms with van der Waals surface area (Å²) in [5.41, 5.74) is 6.37. The molecular weight excluding hydrogens is 422 g/mol. The Balaban J connectivity index is 1.37. The first-order valence-electron chi connectivity index (χ1n) is 11.7. The van der Waals surface area contributed by atoms with Crippen LogP contribution in [0.5, 0.6) is 0 Å². The molecule has 0 aliphatic heterocycles. The predicted octanol–water partition coefficient (Wildman–Crippen LogP) is 6.77. The molecule has 1 heterocycles. The van der Waals surface area contributed by atoms with E-state index >= 15 is 0 Å². The molecule has 34 heavy (non-hydrogen) atoms. The van der Waals surface area contributed by atoms with Gasteiger partial charge >= 0.3 is 5.97 Å². The highest BCUT2D eigenvalue weighted by atomic mass is 16.5. The van der Waals surface area contributed by atoms with E-state index in [0.29, 0.717) is 12.8 Å². The second-order valence-electron chi connectivity index (χ2n) is 8.95. The summed E-state index contributed by atoms with van der Waals surface area (Å²) in [5.74, 6) is 0.0459. The fourth-order valence-electron chi connectivity index (χ4n) is 4.57. The van der Waals surface area contributed by atoms with Gasteiger partial charge in [-0.1, -0.05) is 96.2 Å². The van der Waals surface area contributed by atoms with Crippen LogP contribution in [0.2, 0.25) is 0 Å². The van der Waals surface area contributed by atoms with Crippen LogP contribution in [-0.4, -0.2) is 16.2 Å². The Morgan fingerprint density at radius 1 is 0.912 bits per heavy atom. The van der Waals surface area contributed by atoms with Crippen LogP contribution in [0.4, 0.5) is 0 Å². The van der Waals surface area contributed by atoms with Crippen molar-refractivity contribution >= 4 is 5.97 Å². The van der Waals surface area contributed by atoms with Crippen LogP contribution in [0.15, 0.2) is 95.5 Å². The Hall–Kier alpha value is -3.92. The van der Waals surface area contributed by atoms with E-state index in [-0.39, 0.29) is 0 Å². The van der Waals surface area contributed by atoms with Crippen molar-refractivity contribution in [3.8, 4) is 22.5 Å². The first kappa shape index (κ1) is 21.9. The minimum absolute atomic E-state index is 0.690. The zero-order valence-electron chi connectivity index (χ0n) is 19.2. The van der Waals surface area contributed by atoms with Crippen molar-refractivity contribution < 1.29 is 14.4 Å². The molecule has 0 saturated heterocycles. The summed E-state index contributed by atoms with van der Waals surface area (Å²) < 4.78 is 5.70. The summed E-state index contributed by atoms with van der Waals surface area (Å²) in [6.45, 7) is 1.97. The molecule has 0 atom stereocenters. The second-order valence-corrected chi connectivity index (χ2v) is 8.95. The number of benzene rings is 3. The molecule has 1 aliphatic rings. The topological polar surface area (TPSA) is 63.3 Å². The molecule has 0 spiro atoms. The minimum atomic E-state index is -0.740. The molecule has 0 amide bonds. The molecule has 5 rings (SSSR count). The number of carbonyl (C=O) groups is 1. The SMILES string of the molecule is Cc1noc(-c2ccc(-c3ccccc3C3(C(=O)O)CC3)cc2)c1C/C=C\Cc1ccccc1. The number of carboxylic acid groups (broad SMARTS) is 1. The third-order valence-corrected chi connectivity index (χ3v) is 6.73. The number of hydrogen-bond acceptors (Lipinski definition) is 3. The fourth-order valence-corrected chi connectivity index (χ4v) is 4.57. The Bertz CT molecular complexity index is 1330. The van der Waals surface area contributed by atoms with Gasteiger partial charge in [-0.2, -0.15) is 0 Å². The average molecular weight is 450 g/mol. The molecule has 1 saturated carbocycles. The molecule has 4 aromatic rings. The lowest BCUT2D eigenvalue weighted by atomic mass is 9.88. The van der Waals surface area contributed by atoms with Crippen molar-refractivity contribution in [3.05, 3.63) is 113 Å². The van der Waals surface area contributed by atoms with E-state index in [4.69, 9.17) is 4.52 Å². The van der Waals surface area contributed by atoms with E-state index in [1.807, 2.05) is 61.5 Å². The third-order valence-electron chi connectivity index (χ3n) is 6.73. The predicted molar refractivity (Wildman–Crippen MR) is 134 cm³/mol. The number of aromatic nitrogens is 1. The van der Waals surface area contributed by atoms with Gasteiger partial charge in [0.15, 0.2) is 5.76 Å². The molecule has 0 unspecified atom stereocenters. The highest BCUT2D eigenvalue weighted by molar-refractivity contribution is 5.88. The van der Waals surface area contributed by atoms with Gasteiger partial charge in [0.2, 0.25) is 0 Å². The van der Waals surface area contributed by atoms with Crippen molar-refractivity contribution in [2.75, 3.05) is 0 Å². The van der Waals surface area contributed by atoms with E-state index in [2.05, 4.69) is 41.6 Å². The van der Waals surface area contributed by atoms with Crippen LogP contribution in [-0.2, 0) is 23.1 Å². The van der Waals surface area contributed by atoms with Crippen molar-refractivity contribution in [1.29, 1.82) is 0 Å². The maximum atomic E-state index is 11.9. The van der Waals surface area contributed by atoms with Crippen LogP contribution in [0.25, 0.3) is 22.5 Å². The maximum absolute atomic E-state index is 11.9. The highest BCUT2D eigenvalue weighted by Gasteiger charge is 2.52. The van der Waals surface area contributed by atoms with Gasteiger partial charge in [0.1, 0.15) is 0 Å². The van der Waals surface area contributed by atoms with Crippen molar-refractivity contribution in [2.24, 2.45) is 0 Å². The lowest BCUT2D eigenvalue weighted by molar-refractivity contribution is -0.140. The normalized spacial score (nSPS) is 14.4. The molecule has 0 bridgehead atoms. The average Bonchev–Trinajstić information content (AvgIpc) is 3.61. The molecule has 0 radical (unpaired) electrons. The van der Waals surface area contributed by atoms with Crippen molar-refractivity contribution in [2.45, 2.75) is 38.0 Å². The van der Waals surface area contributed by atoms with Crippen molar-refractivity contribution in [1.82, 2.24) is 5.16 Å². The first-order chi connectivity index (χ1) is 16.6. The zero-order valence-corrected chi connectivity index (χ0v) is 19.2. The molecule has 1 aromatic heterocycles. The van der Waals surface area contributed by atoms with Gasteiger partial charge in [-0.05, 0) is 54.9 Å². The maximum Gasteiger partial charge on any atom is 0.314 e. The summed E-state index contributed by atoms with van der Waals surface area (Å²) in [4.78, 5) is 11.9. The van der Waals surface area contributed by atoms with E-state index in [0.717, 1.165) is 52.1 Å². The molecule has 4 nitrogen and oxygen atoms in total. The van der Waals surface area contributed by atoms with Gasteiger partial charge in [-0.25, -0.2) is 0 Å². The lowest BCUT2D eigenvalue weighted by Crippen LogP contribution is -2.20. The summed E-state index contributed by atoms with van der Waals surface area (Å²) in [7, 11) is 0. The molecule has 1 fully saturated rings. The number of aliphatic carboxylic acids is 1. The van der Waals surface area contributed by atoms with Gasteiger partial charge in [-0.15, -0.1) is 0 Å². The standard InChI is InChI=1S/C30H27NO3/c1-21-25(12-6-5-11-22-9-3-2-4-10-22)28(34-31-21)24-17-15-23(16-18-24)26-13-7-8-14-27(26)30(19-20-30)29(32)33/h2-10,13-18H,11-12,19-20H2,1H3,(H,32,33)/b6-5-. The summed E-state index contributed by atoms with van der Waals surface area (Å²) in [6, 6.07) is 26.4. The fraction of sp³-hybridized carbons (Fsp3) is 0.200. The monoisotopic (exact) mass is 449 g/mol. The molecule has 170 valence electrons. The number of allylic oxidation sites excluding steroid dienone is 2. The van der Waals surface area contributed by atoms with Crippen LogP contribution >= 0.6 is 0 Å². The first-order valence-corrected chi connectivity index (χ1v) is 11.7. The van der Waals surface area contributed by atoms with Gasteiger partial charge in [0.25, 0.3) is 0 Å². The van der Waals surface area contributed by atoms with Gasteiger partial charge in [-0.3, -0.25) is 4.79 Å². The minimum Gasteiger partial charge on any atom is -0.481 e. The third kappa shape index (κ3) is 4.19. The highest BCUT2D eigenvalue weighted by Crippen LogP contribution is 2.51. The largest absolute Gasteiger partial charge is 0.481 e. The Morgan fingerprint density at radius 2 is 1.56 bits per heavy atom. The van der Waals surface area contributed by atoms with Gasteiger partial charge < -0.3 is 9.63 Å². The van der Waals surface area contributed by atoms with Gasteiger partial charge in [0, 0.05) is 11.1 Å². The molecular formula is C30H27NO3. The molecule has 3 aromatic carbocycles. The molecule has 4 heteroatoms. The number of rotatable bonds is 8. The quantitative estimate of drug-likeness (QED) is 0.301. The number of nitrogens with zero attached hydrogens (tertiary/aromatic N) is 1. The van der Waals surface area contributed by atoms with E-state index in [9.17, 15) is 9.90 Å². The van der Waals surface area contributed by atoms with E-state index in [1.54, 1.807) is 0 Å². The molecule has 1 aliphatic carbocycles. The van der Waals surface area contributed by atoms with Crippen LogP contribution in [0.1, 0.15) is 35.2 Å². The number of aryl methyl sites for hydroxylation is 1. The van der Waals surface area contributed by atoms with Crippen LogP contribution in [0.3, 0.4) is 0 Å².